The van der Waals surface area contributed by atoms with Crippen molar-refractivity contribution in [2.24, 2.45) is 0 Å². The van der Waals surface area contributed by atoms with E-state index in [2.05, 4.69) is 15.4 Å². The second kappa shape index (κ2) is 5.42. The third kappa shape index (κ3) is 2.46. The van der Waals surface area contributed by atoms with Crippen LogP contribution in [-0.4, -0.2) is 25.1 Å². The molecular formula is C17H13N5O. The van der Waals surface area contributed by atoms with Crippen LogP contribution in [0.25, 0.3) is 11.3 Å². The van der Waals surface area contributed by atoms with E-state index in [0.29, 0.717) is 11.4 Å². The lowest BCUT2D eigenvalue weighted by atomic mass is 10.3. The zero-order valence-electron chi connectivity index (χ0n) is 12.1. The molecule has 4 aromatic heterocycles. The second-order valence-corrected chi connectivity index (χ2v) is 5.03. The van der Waals surface area contributed by atoms with Crippen molar-refractivity contribution >= 4 is 17.1 Å². The molecule has 0 radical (unpaired) electrons. The number of hydrogen-bond donors (Lipinski definition) is 1. The number of aromatic nitrogens is 4. The van der Waals surface area contributed by atoms with Gasteiger partial charge in [0.25, 0.3) is 5.91 Å². The lowest BCUT2D eigenvalue weighted by Gasteiger charge is -2.03. The average Bonchev–Trinajstić information content (AvgIpc) is 3.22. The van der Waals surface area contributed by atoms with Gasteiger partial charge in [0.15, 0.2) is 5.69 Å². The minimum Gasteiger partial charge on any atom is -0.319 e. The van der Waals surface area contributed by atoms with Gasteiger partial charge in [-0.25, -0.2) is 4.68 Å². The fourth-order valence-electron chi connectivity index (χ4n) is 2.43. The van der Waals surface area contributed by atoms with Crippen LogP contribution in [0.1, 0.15) is 10.5 Å². The van der Waals surface area contributed by atoms with Crippen LogP contribution in [0.4, 0.5) is 5.69 Å². The number of carbonyl (C=O) groups is 1. The number of fused-ring (bicyclic) bond motifs is 1. The second-order valence-electron chi connectivity index (χ2n) is 5.03. The van der Waals surface area contributed by atoms with Crippen molar-refractivity contribution in [1.82, 2.24) is 19.2 Å². The van der Waals surface area contributed by atoms with Gasteiger partial charge in [-0.3, -0.25) is 9.78 Å². The van der Waals surface area contributed by atoms with Crippen molar-refractivity contribution < 1.29 is 4.79 Å². The van der Waals surface area contributed by atoms with Gasteiger partial charge in [-0.05, 0) is 42.5 Å². The van der Waals surface area contributed by atoms with Gasteiger partial charge in [-0.15, -0.1) is 0 Å². The predicted molar refractivity (Wildman–Crippen MR) is 86.7 cm³/mol. The highest BCUT2D eigenvalue weighted by Gasteiger charge is 2.12. The van der Waals surface area contributed by atoms with Crippen LogP contribution >= 0.6 is 0 Å². The first kappa shape index (κ1) is 13.3. The molecule has 6 heteroatoms. The van der Waals surface area contributed by atoms with Gasteiger partial charge in [0, 0.05) is 24.1 Å². The quantitative estimate of drug-likeness (QED) is 0.633. The van der Waals surface area contributed by atoms with Crippen molar-refractivity contribution in [1.29, 1.82) is 0 Å². The van der Waals surface area contributed by atoms with Crippen LogP contribution in [0, 0.1) is 0 Å². The van der Waals surface area contributed by atoms with E-state index < -0.39 is 0 Å². The van der Waals surface area contributed by atoms with Crippen molar-refractivity contribution in [3.63, 3.8) is 0 Å². The number of nitrogens with zero attached hydrogens (tertiary/aromatic N) is 4. The molecule has 0 aliphatic heterocycles. The lowest BCUT2D eigenvalue weighted by molar-refractivity contribution is 0.102. The smallest absolute Gasteiger partial charge is 0.276 e. The van der Waals surface area contributed by atoms with Crippen LogP contribution in [-0.2, 0) is 0 Å². The summed E-state index contributed by atoms with van der Waals surface area (Å²) in [5.41, 5.74) is 2.05. The summed E-state index contributed by atoms with van der Waals surface area (Å²) in [6, 6.07) is 15.2. The van der Waals surface area contributed by atoms with Gasteiger partial charge in [0.05, 0.1) is 11.9 Å². The molecule has 23 heavy (non-hydrogen) atoms. The van der Waals surface area contributed by atoms with Crippen molar-refractivity contribution in [2.45, 2.75) is 0 Å². The Morgan fingerprint density at radius 1 is 1.00 bits per heavy atom. The fourth-order valence-corrected chi connectivity index (χ4v) is 2.43. The highest BCUT2D eigenvalue weighted by molar-refractivity contribution is 6.02. The summed E-state index contributed by atoms with van der Waals surface area (Å²) in [4.78, 5) is 16.2. The number of carbonyl (C=O) groups excluding carboxylic acids is 1. The lowest BCUT2D eigenvalue weighted by Crippen LogP contribution is -2.13. The first-order valence-electron chi connectivity index (χ1n) is 7.15. The van der Waals surface area contributed by atoms with Gasteiger partial charge in [0.1, 0.15) is 5.82 Å². The van der Waals surface area contributed by atoms with E-state index >= 15 is 0 Å². The molecule has 1 amide bonds. The first-order chi connectivity index (χ1) is 11.3. The molecule has 0 saturated carbocycles. The molecule has 112 valence electrons. The summed E-state index contributed by atoms with van der Waals surface area (Å²) in [6.45, 7) is 0. The van der Waals surface area contributed by atoms with Crippen molar-refractivity contribution in [3.8, 4) is 5.82 Å². The summed E-state index contributed by atoms with van der Waals surface area (Å²) < 4.78 is 3.70. The van der Waals surface area contributed by atoms with Crippen LogP contribution in [0.2, 0.25) is 0 Å². The number of hydrogen-bond acceptors (Lipinski definition) is 3. The molecule has 4 rings (SSSR count). The molecule has 0 saturated heterocycles. The Morgan fingerprint density at radius 3 is 2.83 bits per heavy atom. The number of rotatable bonds is 3. The SMILES string of the molecule is O=C(Nc1cccnc1)c1ccn(-c2ccc3ccccn23)n1. The highest BCUT2D eigenvalue weighted by Crippen LogP contribution is 2.14. The van der Waals surface area contributed by atoms with E-state index in [4.69, 9.17) is 0 Å². The van der Waals surface area contributed by atoms with Crippen LogP contribution < -0.4 is 5.32 Å². The van der Waals surface area contributed by atoms with Crippen LogP contribution in [0.15, 0.2) is 73.3 Å². The van der Waals surface area contributed by atoms with Gasteiger partial charge < -0.3 is 9.72 Å². The minimum atomic E-state index is -0.266. The molecule has 0 atom stereocenters. The maximum absolute atomic E-state index is 12.2. The zero-order chi connectivity index (χ0) is 15.6. The Kier molecular flexibility index (Phi) is 3.12. The fraction of sp³-hybridized carbons (Fsp3) is 0. The number of amides is 1. The Bertz CT molecular complexity index is 971. The molecule has 0 aliphatic rings. The van der Waals surface area contributed by atoms with Crippen molar-refractivity contribution in [3.05, 3.63) is 79.0 Å². The number of pyridine rings is 2. The minimum absolute atomic E-state index is 0.266. The van der Waals surface area contributed by atoms with Crippen LogP contribution in [0.3, 0.4) is 0 Å². The van der Waals surface area contributed by atoms with E-state index in [9.17, 15) is 4.79 Å². The topological polar surface area (TPSA) is 64.2 Å². The van der Waals surface area contributed by atoms with Gasteiger partial charge in [-0.1, -0.05) is 6.07 Å². The largest absolute Gasteiger partial charge is 0.319 e. The first-order valence-corrected chi connectivity index (χ1v) is 7.15. The Hall–Kier alpha value is -3.41. The summed E-state index contributed by atoms with van der Waals surface area (Å²) >= 11 is 0. The summed E-state index contributed by atoms with van der Waals surface area (Å²) in [7, 11) is 0. The monoisotopic (exact) mass is 303 g/mol. The summed E-state index contributed by atoms with van der Waals surface area (Å²) in [5.74, 6) is 0.610. The maximum atomic E-state index is 12.2. The third-order valence-corrected chi connectivity index (χ3v) is 3.52. The van der Waals surface area contributed by atoms with Crippen LogP contribution in [0.5, 0.6) is 0 Å². The normalized spacial score (nSPS) is 10.8. The molecule has 0 aliphatic carbocycles. The molecule has 0 fully saturated rings. The molecule has 0 bridgehead atoms. The number of nitrogens with one attached hydrogen (secondary N) is 1. The Balaban J connectivity index is 1.63. The predicted octanol–water partition coefficient (Wildman–Crippen LogP) is 2.77. The van der Waals surface area contributed by atoms with E-state index in [1.54, 1.807) is 41.5 Å². The Labute approximate surface area is 132 Å². The molecule has 6 nitrogen and oxygen atoms in total. The van der Waals surface area contributed by atoms with Gasteiger partial charge in [0.2, 0.25) is 0 Å². The molecule has 4 aromatic rings. The maximum Gasteiger partial charge on any atom is 0.276 e. The zero-order valence-corrected chi connectivity index (χ0v) is 12.1. The molecule has 0 unspecified atom stereocenters. The van der Waals surface area contributed by atoms with Gasteiger partial charge in [-0.2, -0.15) is 5.10 Å². The summed E-state index contributed by atoms with van der Waals surface area (Å²) in [6.07, 6.45) is 6.98. The molecule has 4 heterocycles. The standard InChI is InChI=1S/C17H13N5O/c23-17(19-13-4-3-9-18-12-13)15-8-11-22(20-15)16-7-6-14-5-1-2-10-21(14)16/h1-12H,(H,19,23). The summed E-state index contributed by atoms with van der Waals surface area (Å²) in [5, 5.41) is 7.13. The number of anilines is 1. The van der Waals surface area contributed by atoms with E-state index in [1.807, 2.05) is 40.9 Å². The average molecular weight is 303 g/mol. The van der Waals surface area contributed by atoms with Crippen molar-refractivity contribution in [2.75, 3.05) is 5.32 Å². The molecule has 0 spiro atoms. The molecular weight excluding hydrogens is 290 g/mol. The van der Waals surface area contributed by atoms with E-state index in [-0.39, 0.29) is 5.91 Å². The van der Waals surface area contributed by atoms with E-state index in [1.165, 1.54) is 0 Å². The third-order valence-electron chi connectivity index (χ3n) is 3.52. The molecule has 0 aromatic carbocycles. The van der Waals surface area contributed by atoms with Gasteiger partial charge >= 0.3 is 0 Å². The Morgan fingerprint density at radius 2 is 1.96 bits per heavy atom. The van der Waals surface area contributed by atoms with E-state index in [0.717, 1.165) is 11.3 Å². The molecule has 1 N–H and O–H groups in total. The highest BCUT2D eigenvalue weighted by atomic mass is 16.1.